The van der Waals surface area contributed by atoms with Crippen LogP contribution in [0.2, 0.25) is 0 Å². The number of hydrogen-bond donors (Lipinski definition) is 1. The van der Waals surface area contributed by atoms with Crippen molar-refractivity contribution >= 4 is 28.1 Å². The lowest BCUT2D eigenvalue weighted by Gasteiger charge is -2.25. The summed E-state index contributed by atoms with van der Waals surface area (Å²) in [4.78, 5) is 15.6. The van der Waals surface area contributed by atoms with Gasteiger partial charge in [-0.05, 0) is 67.5 Å². The van der Waals surface area contributed by atoms with Gasteiger partial charge in [0.1, 0.15) is 5.75 Å². The Hall–Kier alpha value is -3.09. The number of anilines is 2. The molecule has 1 saturated carbocycles. The predicted octanol–water partition coefficient (Wildman–Crippen LogP) is 5.38. The lowest BCUT2D eigenvalue weighted by molar-refractivity contribution is -0.0441. The molecule has 1 N–H and O–H groups in total. The van der Waals surface area contributed by atoms with Gasteiger partial charge in [-0.2, -0.15) is 0 Å². The van der Waals surface area contributed by atoms with E-state index in [1.807, 2.05) is 48.5 Å². The number of rotatable bonds is 8. The van der Waals surface area contributed by atoms with E-state index < -0.39 is 0 Å². The molecule has 0 atom stereocenters. The SMILES string of the molecule is CCN(CC1CC1)c1cc(C(=O)Nc2ccc(C3OCCO3)cc2)cc2ccc(OC)cc12. The van der Waals surface area contributed by atoms with Gasteiger partial charge < -0.3 is 24.4 Å². The number of benzene rings is 3. The van der Waals surface area contributed by atoms with Crippen LogP contribution in [0.5, 0.6) is 5.75 Å². The Labute approximate surface area is 194 Å². The zero-order chi connectivity index (χ0) is 22.8. The van der Waals surface area contributed by atoms with Crippen LogP contribution in [0.3, 0.4) is 0 Å². The Morgan fingerprint density at radius 1 is 1.06 bits per heavy atom. The average Bonchev–Trinajstić information content (AvgIpc) is 3.51. The molecular formula is C27H30N2O4. The summed E-state index contributed by atoms with van der Waals surface area (Å²) in [6.45, 7) is 5.28. The van der Waals surface area contributed by atoms with Crippen molar-refractivity contribution in [2.45, 2.75) is 26.1 Å². The van der Waals surface area contributed by atoms with Crippen LogP contribution in [-0.4, -0.2) is 39.3 Å². The van der Waals surface area contributed by atoms with Gasteiger partial charge in [-0.25, -0.2) is 0 Å². The third-order valence-electron chi connectivity index (χ3n) is 6.36. The average molecular weight is 447 g/mol. The highest BCUT2D eigenvalue weighted by Gasteiger charge is 2.25. The van der Waals surface area contributed by atoms with Crippen LogP contribution in [0, 0.1) is 5.92 Å². The van der Waals surface area contributed by atoms with Crippen molar-refractivity contribution in [2.24, 2.45) is 5.92 Å². The number of carbonyl (C=O) groups is 1. The van der Waals surface area contributed by atoms with Crippen LogP contribution in [0.15, 0.2) is 54.6 Å². The molecule has 1 heterocycles. The molecule has 0 radical (unpaired) electrons. The van der Waals surface area contributed by atoms with E-state index in [0.29, 0.717) is 18.8 Å². The monoisotopic (exact) mass is 446 g/mol. The predicted molar refractivity (Wildman–Crippen MR) is 130 cm³/mol. The zero-order valence-electron chi connectivity index (χ0n) is 19.2. The van der Waals surface area contributed by atoms with Gasteiger partial charge in [0, 0.05) is 41.0 Å². The van der Waals surface area contributed by atoms with Crippen molar-refractivity contribution in [2.75, 3.05) is 43.6 Å². The highest BCUT2D eigenvalue weighted by molar-refractivity contribution is 6.09. The fraction of sp³-hybridized carbons (Fsp3) is 0.370. The fourth-order valence-electron chi connectivity index (χ4n) is 4.32. The van der Waals surface area contributed by atoms with Crippen LogP contribution < -0.4 is 15.0 Å². The summed E-state index contributed by atoms with van der Waals surface area (Å²) in [6.07, 6.45) is 2.25. The molecule has 6 nitrogen and oxygen atoms in total. The first-order valence-electron chi connectivity index (χ1n) is 11.7. The number of nitrogens with one attached hydrogen (secondary N) is 1. The van der Waals surface area contributed by atoms with Crippen LogP contribution >= 0.6 is 0 Å². The summed E-state index contributed by atoms with van der Waals surface area (Å²) in [5.41, 5.74) is 3.41. The second kappa shape index (κ2) is 9.41. The molecular weight excluding hydrogens is 416 g/mol. The van der Waals surface area contributed by atoms with Crippen molar-refractivity contribution in [3.05, 3.63) is 65.7 Å². The molecule has 3 aromatic carbocycles. The number of carbonyl (C=O) groups excluding carboxylic acids is 1. The smallest absolute Gasteiger partial charge is 0.255 e. The van der Waals surface area contributed by atoms with E-state index in [2.05, 4.69) is 23.2 Å². The minimum absolute atomic E-state index is 0.127. The van der Waals surface area contributed by atoms with Gasteiger partial charge in [-0.1, -0.05) is 18.2 Å². The first kappa shape index (κ1) is 21.7. The number of methoxy groups -OCH3 is 1. The molecule has 0 spiro atoms. The van der Waals surface area contributed by atoms with Crippen LogP contribution in [0.25, 0.3) is 10.8 Å². The van der Waals surface area contributed by atoms with E-state index in [1.165, 1.54) is 12.8 Å². The second-order valence-electron chi connectivity index (χ2n) is 8.71. The Kier molecular flexibility index (Phi) is 6.20. The largest absolute Gasteiger partial charge is 0.497 e. The topological polar surface area (TPSA) is 60.0 Å². The summed E-state index contributed by atoms with van der Waals surface area (Å²) in [5, 5.41) is 5.17. The highest BCUT2D eigenvalue weighted by Crippen LogP contribution is 2.36. The molecule has 0 bridgehead atoms. The molecule has 1 saturated heterocycles. The maximum Gasteiger partial charge on any atom is 0.255 e. The molecule has 0 aromatic heterocycles. The summed E-state index contributed by atoms with van der Waals surface area (Å²) < 4.78 is 16.6. The molecule has 33 heavy (non-hydrogen) atoms. The van der Waals surface area contributed by atoms with Crippen molar-refractivity contribution in [3.8, 4) is 5.75 Å². The standard InChI is InChI=1S/C27H30N2O4/c1-3-29(17-18-4-5-18)25-15-21(14-20-8-11-23(31-2)16-24(20)25)26(30)28-22-9-6-19(7-10-22)27-32-12-13-33-27/h6-11,14-16,18,27H,3-5,12-13,17H2,1-2H3,(H,28,30). The van der Waals surface area contributed by atoms with Gasteiger partial charge >= 0.3 is 0 Å². The molecule has 3 aromatic rings. The van der Waals surface area contributed by atoms with Gasteiger partial charge in [0.2, 0.25) is 0 Å². The quantitative estimate of drug-likeness (QED) is 0.503. The van der Waals surface area contributed by atoms with E-state index in [1.54, 1.807) is 7.11 Å². The highest BCUT2D eigenvalue weighted by atomic mass is 16.7. The lowest BCUT2D eigenvalue weighted by Crippen LogP contribution is -2.26. The fourth-order valence-corrected chi connectivity index (χ4v) is 4.32. The maximum absolute atomic E-state index is 13.2. The Morgan fingerprint density at radius 3 is 2.48 bits per heavy atom. The summed E-state index contributed by atoms with van der Waals surface area (Å²) >= 11 is 0. The van der Waals surface area contributed by atoms with Gasteiger partial charge in [-0.3, -0.25) is 4.79 Å². The second-order valence-corrected chi connectivity index (χ2v) is 8.71. The lowest BCUT2D eigenvalue weighted by atomic mass is 10.0. The molecule has 172 valence electrons. The third kappa shape index (κ3) is 4.82. The molecule has 1 aliphatic heterocycles. The van der Waals surface area contributed by atoms with E-state index >= 15 is 0 Å². The normalized spacial score (nSPS) is 16.2. The van der Waals surface area contributed by atoms with E-state index in [9.17, 15) is 4.79 Å². The summed E-state index contributed by atoms with van der Waals surface area (Å²) in [6, 6.07) is 17.6. The molecule has 5 rings (SSSR count). The minimum atomic E-state index is -0.318. The molecule has 1 aliphatic carbocycles. The van der Waals surface area contributed by atoms with E-state index in [4.69, 9.17) is 14.2 Å². The third-order valence-corrected chi connectivity index (χ3v) is 6.36. The van der Waals surface area contributed by atoms with Gasteiger partial charge in [0.25, 0.3) is 5.91 Å². The van der Waals surface area contributed by atoms with Crippen LogP contribution in [-0.2, 0) is 9.47 Å². The van der Waals surface area contributed by atoms with Gasteiger partial charge in [0.15, 0.2) is 6.29 Å². The minimum Gasteiger partial charge on any atom is -0.497 e. The van der Waals surface area contributed by atoms with E-state index in [0.717, 1.165) is 52.5 Å². The molecule has 0 unspecified atom stereocenters. The van der Waals surface area contributed by atoms with Crippen LogP contribution in [0.4, 0.5) is 11.4 Å². The number of fused-ring (bicyclic) bond motifs is 1. The van der Waals surface area contributed by atoms with Crippen molar-refractivity contribution in [1.29, 1.82) is 0 Å². The summed E-state index contributed by atoms with van der Waals surface area (Å²) in [5.74, 6) is 1.44. The Bertz CT molecular complexity index is 1130. The first-order chi connectivity index (χ1) is 16.1. The van der Waals surface area contributed by atoms with Gasteiger partial charge in [0.05, 0.1) is 20.3 Å². The zero-order valence-corrected chi connectivity index (χ0v) is 19.2. The number of ether oxygens (including phenoxy) is 3. The number of nitrogens with zero attached hydrogens (tertiary/aromatic N) is 1. The molecule has 2 fully saturated rings. The molecule has 1 amide bonds. The van der Waals surface area contributed by atoms with Crippen LogP contribution in [0.1, 0.15) is 42.0 Å². The Morgan fingerprint density at radius 2 is 1.82 bits per heavy atom. The number of hydrogen-bond acceptors (Lipinski definition) is 5. The first-order valence-corrected chi connectivity index (χ1v) is 11.7. The summed E-state index contributed by atoms with van der Waals surface area (Å²) in [7, 11) is 1.68. The van der Waals surface area contributed by atoms with Gasteiger partial charge in [-0.15, -0.1) is 0 Å². The maximum atomic E-state index is 13.2. The Balaban J connectivity index is 1.43. The van der Waals surface area contributed by atoms with E-state index in [-0.39, 0.29) is 12.2 Å². The number of amides is 1. The molecule has 2 aliphatic rings. The van der Waals surface area contributed by atoms with Crippen molar-refractivity contribution in [1.82, 2.24) is 0 Å². The molecule has 6 heteroatoms. The van der Waals surface area contributed by atoms with Crippen molar-refractivity contribution in [3.63, 3.8) is 0 Å². The van der Waals surface area contributed by atoms with Crippen molar-refractivity contribution < 1.29 is 19.0 Å².